The maximum absolute atomic E-state index is 12.6. The van der Waals surface area contributed by atoms with E-state index in [1.165, 1.54) is 0 Å². The number of amides is 1. The maximum Gasteiger partial charge on any atom is 0.254 e. The van der Waals surface area contributed by atoms with Crippen LogP contribution in [0.4, 0.5) is 5.82 Å². The Morgan fingerprint density at radius 1 is 1.24 bits per heavy atom. The molecule has 0 saturated carbocycles. The number of pyridine rings is 1. The molecular formula is C17H23N3O. The lowest BCUT2D eigenvalue weighted by atomic mass is 10.1. The molecule has 0 unspecified atom stereocenters. The van der Waals surface area contributed by atoms with E-state index in [1.807, 2.05) is 37.4 Å². The number of aromatic nitrogens is 1. The van der Waals surface area contributed by atoms with Crippen LogP contribution in [0.25, 0.3) is 10.9 Å². The highest BCUT2D eigenvalue weighted by Crippen LogP contribution is 2.22. The van der Waals surface area contributed by atoms with Crippen LogP contribution in [0.1, 0.15) is 37.0 Å². The van der Waals surface area contributed by atoms with Crippen molar-refractivity contribution in [2.45, 2.75) is 26.7 Å². The van der Waals surface area contributed by atoms with Gasteiger partial charge in [0, 0.05) is 25.5 Å². The van der Waals surface area contributed by atoms with Crippen molar-refractivity contribution in [1.29, 1.82) is 0 Å². The van der Waals surface area contributed by atoms with Gasteiger partial charge in [0.05, 0.1) is 11.1 Å². The molecule has 2 aromatic rings. The fraction of sp³-hybridized carbons (Fsp3) is 0.412. The third kappa shape index (κ3) is 3.51. The largest absolute Gasteiger partial charge is 0.370 e. The molecule has 4 nitrogen and oxygen atoms in total. The van der Waals surface area contributed by atoms with Crippen LogP contribution in [0.3, 0.4) is 0 Å². The van der Waals surface area contributed by atoms with Gasteiger partial charge in [0.15, 0.2) is 0 Å². The van der Waals surface area contributed by atoms with Crippen molar-refractivity contribution >= 4 is 22.6 Å². The van der Waals surface area contributed by atoms with E-state index in [-0.39, 0.29) is 5.91 Å². The Morgan fingerprint density at radius 3 is 2.71 bits per heavy atom. The van der Waals surface area contributed by atoms with Crippen LogP contribution in [0, 0.1) is 0 Å². The van der Waals surface area contributed by atoms with E-state index in [1.54, 1.807) is 4.90 Å². The molecule has 4 heteroatoms. The second-order valence-corrected chi connectivity index (χ2v) is 5.23. The number of hydrogen-bond donors (Lipinski definition) is 1. The SMILES string of the molecule is CCCNc1cc(C(=O)N(C)CCC)c2ccccc2n1. The maximum atomic E-state index is 12.6. The Morgan fingerprint density at radius 2 is 2.00 bits per heavy atom. The molecule has 0 spiro atoms. The minimum Gasteiger partial charge on any atom is -0.370 e. The summed E-state index contributed by atoms with van der Waals surface area (Å²) in [7, 11) is 1.85. The highest BCUT2D eigenvalue weighted by molar-refractivity contribution is 6.06. The molecule has 0 aliphatic heterocycles. The molecule has 0 radical (unpaired) electrons. The zero-order valence-electron chi connectivity index (χ0n) is 13.0. The first-order valence-electron chi connectivity index (χ1n) is 7.56. The van der Waals surface area contributed by atoms with Crippen LogP contribution in [0.2, 0.25) is 0 Å². The van der Waals surface area contributed by atoms with Crippen molar-refractivity contribution < 1.29 is 4.79 Å². The summed E-state index contributed by atoms with van der Waals surface area (Å²) in [4.78, 5) is 19.0. The summed E-state index contributed by atoms with van der Waals surface area (Å²) in [5, 5.41) is 4.18. The third-order valence-electron chi connectivity index (χ3n) is 3.41. The molecule has 1 N–H and O–H groups in total. The lowest BCUT2D eigenvalue weighted by Crippen LogP contribution is -2.27. The smallest absolute Gasteiger partial charge is 0.254 e. The highest BCUT2D eigenvalue weighted by Gasteiger charge is 2.16. The van der Waals surface area contributed by atoms with E-state index in [9.17, 15) is 4.79 Å². The minimum atomic E-state index is 0.0509. The molecule has 0 saturated heterocycles. The quantitative estimate of drug-likeness (QED) is 0.883. The molecular weight excluding hydrogens is 262 g/mol. The monoisotopic (exact) mass is 285 g/mol. The number of nitrogens with zero attached hydrogens (tertiary/aromatic N) is 2. The molecule has 0 fully saturated rings. The number of carbonyl (C=O) groups excluding carboxylic acids is 1. The molecule has 1 aromatic carbocycles. The average molecular weight is 285 g/mol. The molecule has 1 amide bonds. The molecule has 0 aliphatic carbocycles. The van der Waals surface area contributed by atoms with E-state index in [4.69, 9.17) is 0 Å². The van der Waals surface area contributed by atoms with Crippen LogP contribution in [0.5, 0.6) is 0 Å². The van der Waals surface area contributed by atoms with Crippen molar-refractivity contribution in [1.82, 2.24) is 9.88 Å². The topological polar surface area (TPSA) is 45.2 Å². The normalized spacial score (nSPS) is 10.6. The van der Waals surface area contributed by atoms with Gasteiger partial charge >= 0.3 is 0 Å². The Bertz CT molecular complexity index is 624. The number of nitrogens with one attached hydrogen (secondary N) is 1. The second-order valence-electron chi connectivity index (χ2n) is 5.23. The van der Waals surface area contributed by atoms with E-state index in [0.29, 0.717) is 0 Å². The molecule has 0 bridgehead atoms. The fourth-order valence-corrected chi connectivity index (χ4v) is 2.34. The van der Waals surface area contributed by atoms with Gasteiger partial charge in [-0.05, 0) is 25.0 Å². The third-order valence-corrected chi connectivity index (χ3v) is 3.41. The van der Waals surface area contributed by atoms with Crippen molar-refractivity contribution in [2.24, 2.45) is 0 Å². The van der Waals surface area contributed by atoms with Gasteiger partial charge < -0.3 is 10.2 Å². The number of para-hydroxylation sites is 1. The number of carbonyl (C=O) groups is 1. The van der Waals surface area contributed by atoms with Crippen LogP contribution < -0.4 is 5.32 Å². The lowest BCUT2D eigenvalue weighted by molar-refractivity contribution is 0.0797. The van der Waals surface area contributed by atoms with Crippen LogP contribution >= 0.6 is 0 Å². The Balaban J connectivity index is 2.46. The first-order chi connectivity index (χ1) is 10.2. The first kappa shape index (κ1) is 15.3. The highest BCUT2D eigenvalue weighted by atomic mass is 16.2. The number of benzene rings is 1. The van der Waals surface area contributed by atoms with Gasteiger partial charge in [-0.25, -0.2) is 4.98 Å². The molecule has 0 aliphatic rings. The lowest BCUT2D eigenvalue weighted by Gasteiger charge is -2.18. The molecule has 1 aromatic heterocycles. The number of fused-ring (bicyclic) bond motifs is 1. The predicted molar refractivity (Wildman–Crippen MR) is 87.8 cm³/mol. The first-order valence-corrected chi connectivity index (χ1v) is 7.56. The second kappa shape index (κ2) is 7.07. The van der Waals surface area contributed by atoms with Crippen molar-refractivity contribution in [3.8, 4) is 0 Å². The zero-order valence-corrected chi connectivity index (χ0v) is 13.0. The Labute approximate surface area is 126 Å². The molecule has 2 rings (SSSR count). The van der Waals surface area contributed by atoms with Crippen LogP contribution in [0.15, 0.2) is 30.3 Å². The predicted octanol–water partition coefficient (Wildman–Crippen LogP) is 3.54. The summed E-state index contributed by atoms with van der Waals surface area (Å²) in [5.74, 6) is 0.818. The van der Waals surface area contributed by atoms with Crippen molar-refractivity contribution in [3.63, 3.8) is 0 Å². The summed E-state index contributed by atoms with van der Waals surface area (Å²) in [5.41, 5.74) is 1.57. The number of anilines is 1. The van der Waals surface area contributed by atoms with Gasteiger partial charge in [-0.2, -0.15) is 0 Å². The summed E-state index contributed by atoms with van der Waals surface area (Å²) >= 11 is 0. The van der Waals surface area contributed by atoms with Gasteiger partial charge in [-0.3, -0.25) is 4.79 Å². The fourth-order valence-electron chi connectivity index (χ4n) is 2.34. The molecule has 1 heterocycles. The van der Waals surface area contributed by atoms with Crippen molar-refractivity contribution in [2.75, 3.05) is 25.5 Å². The zero-order chi connectivity index (χ0) is 15.2. The van der Waals surface area contributed by atoms with Gasteiger partial charge in [0.1, 0.15) is 5.82 Å². The number of rotatable bonds is 6. The van der Waals surface area contributed by atoms with Crippen LogP contribution in [-0.4, -0.2) is 35.9 Å². The summed E-state index contributed by atoms with van der Waals surface area (Å²) < 4.78 is 0. The van der Waals surface area contributed by atoms with Crippen molar-refractivity contribution in [3.05, 3.63) is 35.9 Å². The molecule has 21 heavy (non-hydrogen) atoms. The standard InChI is InChI=1S/C17H23N3O/c1-4-10-18-16-12-14(17(21)20(3)11-5-2)13-8-6-7-9-15(13)19-16/h6-9,12H,4-5,10-11H2,1-3H3,(H,18,19). The minimum absolute atomic E-state index is 0.0509. The van der Waals surface area contributed by atoms with Gasteiger partial charge in [0.25, 0.3) is 5.91 Å². The van der Waals surface area contributed by atoms with E-state index < -0.39 is 0 Å². The van der Waals surface area contributed by atoms with Gasteiger partial charge in [0.2, 0.25) is 0 Å². The summed E-state index contributed by atoms with van der Waals surface area (Å²) in [6.07, 6.45) is 1.97. The van der Waals surface area contributed by atoms with E-state index in [0.717, 1.165) is 48.2 Å². The number of hydrogen-bond acceptors (Lipinski definition) is 3. The van der Waals surface area contributed by atoms with Crippen LogP contribution in [-0.2, 0) is 0 Å². The van der Waals surface area contributed by atoms with E-state index >= 15 is 0 Å². The Hall–Kier alpha value is -2.10. The Kier molecular flexibility index (Phi) is 5.14. The van der Waals surface area contributed by atoms with E-state index in [2.05, 4.69) is 24.1 Å². The summed E-state index contributed by atoms with van der Waals surface area (Å²) in [6, 6.07) is 9.66. The van der Waals surface area contributed by atoms with Gasteiger partial charge in [-0.1, -0.05) is 32.0 Å². The molecule has 112 valence electrons. The van der Waals surface area contributed by atoms with Gasteiger partial charge in [-0.15, -0.1) is 0 Å². The molecule has 0 atom stereocenters. The average Bonchev–Trinajstić information content (AvgIpc) is 2.51. The summed E-state index contributed by atoms with van der Waals surface area (Å²) in [6.45, 7) is 5.79.